The Morgan fingerprint density at radius 2 is 2.29 bits per heavy atom. The minimum atomic E-state index is -0.527. The van der Waals surface area contributed by atoms with E-state index in [2.05, 4.69) is 10.5 Å². The zero-order valence-electron chi connectivity index (χ0n) is 8.57. The summed E-state index contributed by atoms with van der Waals surface area (Å²) >= 11 is 0. The van der Waals surface area contributed by atoms with Crippen LogP contribution in [0.3, 0.4) is 0 Å². The van der Waals surface area contributed by atoms with Gasteiger partial charge >= 0.3 is 0 Å². The Morgan fingerprint density at radius 3 is 2.71 bits per heavy atom. The van der Waals surface area contributed by atoms with Crippen LogP contribution in [-0.2, 0) is 4.79 Å². The fraction of sp³-hybridized carbons (Fsp3) is 0.556. The van der Waals surface area contributed by atoms with Gasteiger partial charge in [0.25, 0.3) is 0 Å². The fourth-order valence-electron chi connectivity index (χ4n) is 0.930. The maximum Gasteiger partial charge on any atom is 0.243 e. The van der Waals surface area contributed by atoms with Crippen LogP contribution in [0.4, 0.5) is 5.88 Å². The molecule has 0 aromatic carbocycles. The number of hydrogen-bond acceptors (Lipinski definition) is 4. The summed E-state index contributed by atoms with van der Waals surface area (Å²) in [5.41, 5.74) is 6.36. The van der Waals surface area contributed by atoms with Crippen LogP contribution in [0.2, 0.25) is 0 Å². The van der Waals surface area contributed by atoms with Crippen LogP contribution in [0.15, 0.2) is 10.6 Å². The molecule has 1 atom stereocenters. The fourth-order valence-corrected chi connectivity index (χ4v) is 0.930. The summed E-state index contributed by atoms with van der Waals surface area (Å²) in [5.74, 6) is 0.179. The third kappa shape index (κ3) is 2.56. The number of amides is 1. The van der Waals surface area contributed by atoms with Gasteiger partial charge in [0.15, 0.2) is 0 Å². The molecule has 0 aliphatic rings. The predicted octanol–water partition coefficient (Wildman–Crippen LogP) is 0.905. The monoisotopic (exact) mass is 197 g/mol. The lowest BCUT2D eigenvalue weighted by molar-refractivity contribution is -0.118. The van der Waals surface area contributed by atoms with Crippen LogP contribution in [0.5, 0.6) is 0 Å². The Bertz CT molecular complexity index is 320. The van der Waals surface area contributed by atoms with Gasteiger partial charge in [-0.25, -0.2) is 0 Å². The summed E-state index contributed by atoms with van der Waals surface area (Å²) in [4.78, 5) is 11.4. The van der Waals surface area contributed by atoms with Gasteiger partial charge in [-0.1, -0.05) is 19.0 Å². The molecule has 1 unspecified atom stereocenters. The standard InChI is InChI=1S/C9H15N3O2/c1-5(2)8(10)9(13)11-7-4-6(3)12-14-7/h4-5,8H,10H2,1-3H3,(H,11,13). The highest BCUT2D eigenvalue weighted by atomic mass is 16.5. The highest BCUT2D eigenvalue weighted by molar-refractivity contribution is 5.93. The second-order valence-electron chi connectivity index (χ2n) is 3.59. The lowest BCUT2D eigenvalue weighted by Gasteiger charge is -2.13. The van der Waals surface area contributed by atoms with Gasteiger partial charge < -0.3 is 10.3 Å². The molecule has 0 aliphatic carbocycles. The van der Waals surface area contributed by atoms with Crippen molar-refractivity contribution in [2.24, 2.45) is 11.7 Å². The van der Waals surface area contributed by atoms with Crippen molar-refractivity contribution in [3.63, 3.8) is 0 Å². The summed E-state index contributed by atoms with van der Waals surface area (Å²) in [6.07, 6.45) is 0. The molecule has 1 amide bonds. The van der Waals surface area contributed by atoms with Gasteiger partial charge in [-0.05, 0) is 12.8 Å². The molecule has 0 saturated carbocycles. The molecule has 1 rings (SSSR count). The summed E-state index contributed by atoms with van der Waals surface area (Å²) < 4.78 is 4.83. The van der Waals surface area contributed by atoms with E-state index < -0.39 is 6.04 Å². The van der Waals surface area contributed by atoms with Gasteiger partial charge in [0, 0.05) is 6.07 Å². The molecule has 1 heterocycles. The Kier molecular flexibility index (Phi) is 3.24. The number of aromatic nitrogens is 1. The topological polar surface area (TPSA) is 81.2 Å². The molecule has 5 heteroatoms. The molecule has 78 valence electrons. The number of carbonyl (C=O) groups excluding carboxylic acids is 1. The molecule has 1 aromatic heterocycles. The van der Waals surface area contributed by atoms with E-state index in [0.29, 0.717) is 5.88 Å². The third-order valence-electron chi connectivity index (χ3n) is 1.90. The largest absolute Gasteiger partial charge is 0.338 e. The van der Waals surface area contributed by atoms with Crippen LogP contribution < -0.4 is 11.1 Å². The number of rotatable bonds is 3. The SMILES string of the molecule is Cc1cc(NC(=O)C(N)C(C)C)on1. The average molecular weight is 197 g/mol. The zero-order chi connectivity index (χ0) is 10.7. The van der Waals surface area contributed by atoms with Gasteiger partial charge in [-0.2, -0.15) is 0 Å². The van der Waals surface area contributed by atoms with Crippen molar-refractivity contribution in [2.75, 3.05) is 5.32 Å². The average Bonchev–Trinajstić information content (AvgIpc) is 2.49. The first-order chi connectivity index (χ1) is 6.50. The van der Waals surface area contributed by atoms with E-state index in [1.54, 1.807) is 13.0 Å². The van der Waals surface area contributed by atoms with Crippen LogP contribution in [0, 0.1) is 12.8 Å². The highest BCUT2D eigenvalue weighted by Crippen LogP contribution is 2.09. The maximum atomic E-state index is 11.4. The minimum absolute atomic E-state index is 0.0963. The van der Waals surface area contributed by atoms with Gasteiger partial charge in [-0.3, -0.25) is 10.1 Å². The Labute approximate surface area is 82.6 Å². The molecule has 0 bridgehead atoms. The quantitative estimate of drug-likeness (QED) is 0.754. The van der Waals surface area contributed by atoms with Crippen LogP contribution in [-0.4, -0.2) is 17.1 Å². The third-order valence-corrected chi connectivity index (χ3v) is 1.90. The number of hydrogen-bond donors (Lipinski definition) is 2. The minimum Gasteiger partial charge on any atom is -0.338 e. The first-order valence-corrected chi connectivity index (χ1v) is 4.50. The van der Waals surface area contributed by atoms with Crippen LogP contribution >= 0.6 is 0 Å². The van der Waals surface area contributed by atoms with E-state index in [1.807, 2.05) is 13.8 Å². The van der Waals surface area contributed by atoms with Gasteiger partial charge in [-0.15, -0.1) is 0 Å². The molecular formula is C9H15N3O2. The van der Waals surface area contributed by atoms with Crippen LogP contribution in [0.1, 0.15) is 19.5 Å². The lowest BCUT2D eigenvalue weighted by atomic mass is 10.1. The lowest BCUT2D eigenvalue weighted by Crippen LogP contribution is -2.39. The molecule has 0 fully saturated rings. The van der Waals surface area contributed by atoms with Crippen molar-refractivity contribution in [1.29, 1.82) is 0 Å². The van der Waals surface area contributed by atoms with E-state index in [-0.39, 0.29) is 11.8 Å². The van der Waals surface area contributed by atoms with Crippen LogP contribution in [0.25, 0.3) is 0 Å². The summed E-state index contributed by atoms with van der Waals surface area (Å²) in [7, 11) is 0. The Morgan fingerprint density at radius 1 is 1.64 bits per heavy atom. The number of anilines is 1. The summed E-state index contributed by atoms with van der Waals surface area (Å²) in [5, 5.41) is 6.19. The molecular weight excluding hydrogens is 182 g/mol. The van der Waals surface area contributed by atoms with Crippen molar-refractivity contribution in [3.05, 3.63) is 11.8 Å². The maximum absolute atomic E-state index is 11.4. The number of aryl methyl sites for hydroxylation is 1. The van der Waals surface area contributed by atoms with E-state index in [1.165, 1.54) is 0 Å². The summed E-state index contributed by atoms with van der Waals surface area (Å²) in [6.45, 7) is 5.55. The second-order valence-corrected chi connectivity index (χ2v) is 3.59. The first-order valence-electron chi connectivity index (χ1n) is 4.50. The second kappa shape index (κ2) is 4.23. The van der Waals surface area contributed by atoms with E-state index in [0.717, 1.165) is 5.69 Å². The van der Waals surface area contributed by atoms with E-state index >= 15 is 0 Å². The highest BCUT2D eigenvalue weighted by Gasteiger charge is 2.18. The number of carbonyl (C=O) groups is 1. The van der Waals surface area contributed by atoms with Crippen molar-refractivity contribution in [3.8, 4) is 0 Å². The molecule has 5 nitrogen and oxygen atoms in total. The normalized spacial score (nSPS) is 12.9. The Hall–Kier alpha value is -1.36. The number of nitrogens with one attached hydrogen (secondary N) is 1. The van der Waals surface area contributed by atoms with Gasteiger partial charge in [0.2, 0.25) is 11.8 Å². The number of nitrogens with two attached hydrogens (primary N) is 1. The molecule has 3 N–H and O–H groups in total. The smallest absolute Gasteiger partial charge is 0.243 e. The van der Waals surface area contributed by atoms with E-state index in [9.17, 15) is 4.79 Å². The predicted molar refractivity (Wildman–Crippen MR) is 52.7 cm³/mol. The molecule has 0 aliphatic heterocycles. The Balaban J connectivity index is 2.57. The number of nitrogens with zero attached hydrogens (tertiary/aromatic N) is 1. The van der Waals surface area contributed by atoms with E-state index in [4.69, 9.17) is 10.3 Å². The summed E-state index contributed by atoms with van der Waals surface area (Å²) in [6, 6.07) is 1.12. The van der Waals surface area contributed by atoms with Crippen molar-refractivity contribution >= 4 is 11.8 Å². The van der Waals surface area contributed by atoms with Gasteiger partial charge in [0.05, 0.1) is 11.7 Å². The zero-order valence-corrected chi connectivity index (χ0v) is 8.57. The molecule has 0 spiro atoms. The molecule has 0 radical (unpaired) electrons. The van der Waals surface area contributed by atoms with Gasteiger partial charge in [0.1, 0.15) is 0 Å². The first kappa shape index (κ1) is 10.7. The van der Waals surface area contributed by atoms with Crippen molar-refractivity contribution in [1.82, 2.24) is 5.16 Å². The molecule has 0 saturated heterocycles. The molecule has 14 heavy (non-hydrogen) atoms. The molecule has 1 aromatic rings. The van der Waals surface area contributed by atoms with Crippen molar-refractivity contribution < 1.29 is 9.32 Å². The van der Waals surface area contributed by atoms with Crippen molar-refractivity contribution in [2.45, 2.75) is 26.8 Å².